The first-order valence-electron chi connectivity index (χ1n) is 7.10. The van der Waals surface area contributed by atoms with Gasteiger partial charge in [0.05, 0.1) is 12.0 Å². The number of hydrogen-bond acceptors (Lipinski definition) is 2. The minimum absolute atomic E-state index is 0.258. The molecular formula is C18H20O3. The topological polar surface area (TPSA) is 57.5 Å². The van der Waals surface area contributed by atoms with Crippen molar-refractivity contribution in [3.05, 3.63) is 71.8 Å². The molecule has 3 unspecified atom stereocenters. The van der Waals surface area contributed by atoms with Gasteiger partial charge in [-0.2, -0.15) is 0 Å². The molecule has 0 bridgehead atoms. The Bertz CT molecular complexity index is 564. The van der Waals surface area contributed by atoms with Gasteiger partial charge >= 0.3 is 5.97 Å². The van der Waals surface area contributed by atoms with Crippen LogP contribution in [0.1, 0.15) is 36.3 Å². The van der Waals surface area contributed by atoms with Crippen molar-refractivity contribution in [2.45, 2.75) is 31.3 Å². The third-order valence-electron chi connectivity index (χ3n) is 3.65. The highest BCUT2D eigenvalue weighted by Gasteiger charge is 2.31. The molecule has 3 atom stereocenters. The van der Waals surface area contributed by atoms with Crippen LogP contribution in [0.5, 0.6) is 0 Å². The Labute approximate surface area is 124 Å². The molecule has 0 spiro atoms. The summed E-state index contributed by atoms with van der Waals surface area (Å²) in [4.78, 5) is 11.8. The van der Waals surface area contributed by atoms with E-state index in [1.807, 2.05) is 60.7 Å². The van der Waals surface area contributed by atoms with E-state index in [2.05, 4.69) is 0 Å². The first kappa shape index (κ1) is 15.3. The van der Waals surface area contributed by atoms with Crippen molar-refractivity contribution in [2.24, 2.45) is 0 Å². The van der Waals surface area contributed by atoms with Crippen LogP contribution < -0.4 is 0 Å². The highest BCUT2D eigenvalue weighted by molar-refractivity contribution is 5.77. The lowest BCUT2D eigenvalue weighted by Crippen LogP contribution is -2.23. The smallest absolute Gasteiger partial charge is 0.311 e. The minimum Gasteiger partial charge on any atom is -0.481 e. The molecule has 0 amide bonds. The molecule has 2 aromatic rings. The molecule has 2 N–H and O–H groups in total. The van der Waals surface area contributed by atoms with Crippen LogP contribution >= 0.6 is 0 Å². The van der Waals surface area contributed by atoms with E-state index >= 15 is 0 Å². The predicted molar refractivity (Wildman–Crippen MR) is 82.3 cm³/mol. The maximum atomic E-state index is 11.8. The molecule has 3 heteroatoms. The molecule has 0 fully saturated rings. The molecule has 0 saturated carbocycles. The average Bonchev–Trinajstić information content (AvgIpc) is 2.48. The van der Waals surface area contributed by atoms with Gasteiger partial charge in [0.25, 0.3) is 0 Å². The van der Waals surface area contributed by atoms with Crippen LogP contribution in [0.25, 0.3) is 0 Å². The molecular weight excluding hydrogens is 264 g/mol. The summed E-state index contributed by atoms with van der Waals surface area (Å²) >= 11 is 0. The van der Waals surface area contributed by atoms with Gasteiger partial charge in [-0.15, -0.1) is 0 Å². The van der Waals surface area contributed by atoms with Crippen LogP contribution in [0.2, 0.25) is 0 Å². The van der Waals surface area contributed by atoms with Crippen LogP contribution in [0.3, 0.4) is 0 Å². The number of hydrogen-bond donors (Lipinski definition) is 2. The Hall–Kier alpha value is -2.13. The summed E-state index contributed by atoms with van der Waals surface area (Å²) in [6.45, 7) is 1.69. The highest BCUT2D eigenvalue weighted by atomic mass is 16.4. The fourth-order valence-corrected chi connectivity index (χ4v) is 2.74. The summed E-state index contributed by atoms with van der Waals surface area (Å²) in [5.41, 5.74) is 1.70. The highest BCUT2D eigenvalue weighted by Crippen LogP contribution is 2.36. The zero-order chi connectivity index (χ0) is 15.2. The maximum Gasteiger partial charge on any atom is 0.311 e. The molecule has 0 heterocycles. The molecule has 110 valence electrons. The normalized spacial score (nSPS) is 15.1. The number of carbonyl (C=O) groups is 1. The second-order valence-electron chi connectivity index (χ2n) is 5.33. The predicted octanol–water partition coefficient (Wildman–Crippen LogP) is 3.41. The summed E-state index contributed by atoms with van der Waals surface area (Å²) < 4.78 is 0. The van der Waals surface area contributed by atoms with Crippen molar-refractivity contribution in [1.29, 1.82) is 0 Å². The quantitative estimate of drug-likeness (QED) is 0.854. The Morgan fingerprint density at radius 1 is 0.952 bits per heavy atom. The fourth-order valence-electron chi connectivity index (χ4n) is 2.74. The fraction of sp³-hybridized carbons (Fsp3) is 0.278. The summed E-state index contributed by atoms with van der Waals surface area (Å²) in [6, 6.07) is 18.8. The Balaban J connectivity index is 2.43. The first-order chi connectivity index (χ1) is 10.1. The molecule has 0 saturated heterocycles. The van der Waals surface area contributed by atoms with Crippen LogP contribution in [0, 0.1) is 0 Å². The number of benzene rings is 2. The van der Waals surface area contributed by atoms with E-state index in [0.717, 1.165) is 11.1 Å². The number of carboxylic acid groups (broad SMARTS) is 1. The van der Waals surface area contributed by atoms with E-state index in [4.69, 9.17) is 0 Å². The van der Waals surface area contributed by atoms with Crippen molar-refractivity contribution in [2.75, 3.05) is 0 Å². The molecule has 2 aromatic carbocycles. The van der Waals surface area contributed by atoms with Gasteiger partial charge in [0.2, 0.25) is 0 Å². The molecule has 0 radical (unpaired) electrons. The summed E-state index contributed by atoms with van der Waals surface area (Å²) in [5.74, 6) is -1.79. The Morgan fingerprint density at radius 2 is 1.43 bits per heavy atom. The van der Waals surface area contributed by atoms with E-state index in [9.17, 15) is 15.0 Å². The zero-order valence-corrected chi connectivity index (χ0v) is 12.0. The number of carboxylic acids is 1. The number of aliphatic carboxylic acids is 1. The van der Waals surface area contributed by atoms with Gasteiger partial charge in [-0.3, -0.25) is 4.79 Å². The minimum atomic E-state index is -0.865. The van der Waals surface area contributed by atoms with Gasteiger partial charge in [0, 0.05) is 5.92 Å². The zero-order valence-electron chi connectivity index (χ0n) is 12.0. The SMILES string of the molecule is CC(O)CC(c1ccccc1)C(C(=O)O)c1ccccc1. The van der Waals surface area contributed by atoms with E-state index in [1.54, 1.807) is 6.92 Å². The second-order valence-corrected chi connectivity index (χ2v) is 5.33. The Kier molecular flexibility index (Phi) is 5.12. The van der Waals surface area contributed by atoms with Crippen molar-refractivity contribution in [3.63, 3.8) is 0 Å². The van der Waals surface area contributed by atoms with Crippen molar-refractivity contribution in [1.82, 2.24) is 0 Å². The van der Waals surface area contributed by atoms with E-state index in [1.165, 1.54) is 0 Å². The van der Waals surface area contributed by atoms with E-state index in [-0.39, 0.29) is 5.92 Å². The van der Waals surface area contributed by atoms with Crippen molar-refractivity contribution in [3.8, 4) is 0 Å². The van der Waals surface area contributed by atoms with Crippen LogP contribution in [-0.4, -0.2) is 22.3 Å². The third kappa shape index (κ3) is 3.92. The molecule has 0 aliphatic carbocycles. The maximum absolute atomic E-state index is 11.8. The summed E-state index contributed by atoms with van der Waals surface area (Å²) in [5, 5.41) is 19.5. The molecule has 21 heavy (non-hydrogen) atoms. The van der Waals surface area contributed by atoms with E-state index < -0.39 is 18.0 Å². The largest absolute Gasteiger partial charge is 0.481 e. The molecule has 0 aromatic heterocycles. The lowest BCUT2D eigenvalue weighted by molar-refractivity contribution is -0.139. The van der Waals surface area contributed by atoms with E-state index in [0.29, 0.717) is 6.42 Å². The van der Waals surface area contributed by atoms with Crippen LogP contribution in [-0.2, 0) is 4.79 Å². The summed E-state index contributed by atoms with van der Waals surface area (Å²) in [7, 11) is 0. The van der Waals surface area contributed by atoms with Gasteiger partial charge < -0.3 is 10.2 Å². The lowest BCUT2D eigenvalue weighted by Gasteiger charge is -2.26. The number of rotatable bonds is 6. The molecule has 2 rings (SSSR count). The molecule has 0 aliphatic rings. The van der Waals surface area contributed by atoms with Gasteiger partial charge in [-0.05, 0) is 24.5 Å². The monoisotopic (exact) mass is 284 g/mol. The Morgan fingerprint density at radius 3 is 1.86 bits per heavy atom. The second kappa shape index (κ2) is 7.04. The van der Waals surface area contributed by atoms with Gasteiger partial charge in [0.1, 0.15) is 0 Å². The van der Waals surface area contributed by atoms with Crippen molar-refractivity contribution >= 4 is 5.97 Å². The van der Waals surface area contributed by atoms with Crippen LogP contribution in [0.4, 0.5) is 0 Å². The van der Waals surface area contributed by atoms with Gasteiger partial charge in [-0.1, -0.05) is 60.7 Å². The third-order valence-corrected chi connectivity index (χ3v) is 3.65. The van der Waals surface area contributed by atoms with Crippen LogP contribution in [0.15, 0.2) is 60.7 Å². The summed E-state index contributed by atoms with van der Waals surface area (Å²) in [6.07, 6.45) is -0.142. The number of aliphatic hydroxyl groups excluding tert-OH is 1. The van der Waals surface area contributed by atoms with Gasteiger partial charge in [0.15, 0.2) is 0 Å². The first-order valence-corrected chi connectivity index (χ1v) is 7.10. The molecule has 3 nitrogen and oxygen atoms in total. The van der Waals surface area contributed by atoms with Crippen molar-refractivity contribution < 1.29 is 15.0 Å². The van der Waals surface area contributed by atoms with Gasteiger partial charge in [-0.25, -0.2) is 0 Å². The number of aliphatic hydroxyl groups is 1. The standard InChI is InChI=1S/C18H20O3/c1-13(19)12-16(14-8-4-2-5-9-14)17(18(20)21)15-10-6-3-7-11-15/h2-11,13,16-17,19H,12H2,1H3,(H,20,21). The molecule has 0 aliphatic heterocycles. The lowest BCUT2D eigenvalue weighted by atomic mass is 9.78. The average molecular weight is 284 g/mol.